The minimum absolute atomic E-state index is 0.530. The fourth-order valence-corrected chi connectivity index (χ4v) is 3.12. The quantitative estimate of drug-likeness (QED) is 0.849. The molecule has 18 heavy (non-hydrogen) atoms. The first-order valence-corrected chi connectivity index (χ1v) is 7.52. The molecule has 1 nitrogen and oxygen atoms in total. The number of benzene rings is 1. The van der Waals surface area contributed by atoms with Gasteiger partial charge in [-0.3, -0.25) is 0 Å². The third-order valence-electron chi connectivity index (χ3n) is 3.97. The van der Waals surface area contributed by atoms with Gasteiger partial charge in [-0.05, 0) is 62.6 Å². The maximum atomic E-state index is 6.02. The SMILES string of the molecule is CC1CCC(NC(C)Cc2cccc(Cl)c2)CC1. The summed E-state index contributed by atoms with van der Waals surface area (Å²) in [5.74, 6) is 0.922. The van der Waals surface area contributed by atoms with Crippen LogP contribution in [0.4, 0.5) is 0 Å². The molecule has 0 heterocycles. The summed E-state index contributed by atoms with van der Waals surface area (Å²) in [6.07, 6.45) is 6.48. The Labute approximate surface area is 116 Å². The summed E-state index contributed by atoms with van der Waals surface area (Å²) in [6.45, 7) is 4.64. The molecule has 0 aromatic heterocycles. The molecule has 1 aliphatic carbocycles. The van der Waals surface area contributed by atoms with E-state index in [9.17, 15) is 0 Å². The van der Waals surface area contributed by atoms with E-state index in [0.717, 1.165) is 23.4 Å². The number of hydrogen-bond acceptors (Lipinski definition) is 1. The molecule has 0 spiro atoms. The predicted molar refractivity (Wildman–Crippen MR) is 79.2 cm³/mol. The van der Waals surface area contributed by atoms with Crippen LogP contribution in [0.5, 0.6) is 0 Å². The second-order valence-corrected chi connectivity index (χ2v) is 6.29. The summed E-state index contributed by atoms with van der Waals surface area (Å²) in [6, 6.07) is 9.45. The van der Waals surface area contributed by atoms with Crippen LogP contribution in [0.3, 0.4) is 0 Å². The van der Waals surface area contributed by atoms with Gasteiger partial charge in [0.2, 0.25) is 0 Å². The van der Waals surface area contributed by atoms with E-state index >= 15 is 0 Å². The molecular weight excluding hydrogens is 242 g/mol. The largest absolute Gasteiger partial charge is 0.311 e. The first-order chi connectivity index (χ1) is 8.63. The molecule has 0 radical (unpaired) electrons. The molecule has 0 bridgehead atoms. The first-order valence-electron chi connectivity index (χ1n) is 7.14. The van der Waals surface area contributed by atoms with Crippen LogP contribution >= 0.6 is 11.6 Å². The van der Waals surface area contributed by atoms with E-state index in [0.29, 0.717) is 6.04 Å². The maximum absolute atomic E-state index is 6.02. The Balaban J connectivity index is 1.80. The van der Waals surface area contributed by atoms with Crippen molar-refractivity contribution in [1.82, 2.24) is 5.32 Å². The highest BCUT2D eigenvalue weighted by Gasteiger charge is 2.19. The zero-order valence-corrected chi connectivity index (χ0v) is 12.2. The number of nitrogens with one attached hydrogen (secondary N) is 1. The Morgan fingerprint density at radius 1 is 1.28 bits per heavy atom. The molecule has 2 heteroatoms. The third-order valence-corrected chi connectivity index (χ3v) is 4.20. The standard InChI is InChI=1S/C16H24ClN/c1-12-6-8-16(9-7-12)18-13(2)10-14-4-3-5-15(17)11-14/h3-5,11-13,16,18H,6-10H2,1-2H3. The van der Waals surface area contributed by atoms with Crippen molar-refractivity contribution >= 4 is 11.6 Å². The monoisotopic (exact) mass is 265 g/mol. The molecule has 1 unspecified atom stereocenters. The lowest BCUT2D eigenvalue weighted by Gasteiger charge is -2.29. The Bertz CT molecular complexity index is 369. The summed E-state index contributed by atoms with van der Waals surface area (Å²) in [5, 5.41) is 4.60. The van der Waals surface area contributed by atoms with Gasteiger partial charge in [-0.2, -0.15) is 0 Å². The van der Waals surface area contributed by atoms with Crippen LogP contribution in [0.1, 0.15) is 45.1 Å². The summed E-state index contributed by atoms with van der Waals surface area (Å²) >= 11 is 6.02. The zero-order chi connectivity index (χ0) is 13.0. The van der Waals surface area contributed by atoms with Crippen LogP contribution in [0, 0.1) is 5.92 Å². The van der Waals surface area contributed by atoms with Gasteiger partial charge in [-0.1, -0.05) is 30.7 Å². The molecular formula is C16H24ClN. The van der Waals surface area contributed by atoms with Crippen molar-refractivity contribution in [2.24, 2.45) is 5.92 Å². The van der Waals surface area contributed by atoms with Crippen LogP contribution in [0.15, 0.2) is 24.3 Å². The summed E-state index contributed by atoms with van der Waals surface area (Å²) in [7, 11) is 0. The van der Waals surface area contributed by atoms with E-state index in [1.54, 1.807) is 0 Å². The third kappa shape index (κ3) is 4.29. The van der Waals surface area contributed by atoms with Crippen LogP contribution in [0.2, 0.25) is 5.02 Å². The first kappa shape index (κ1) is 13.9. The lowest BCUT2D eigenvalue weighted by atomic mass is 9.87. The van der Waals surface area contributed by atoms with E-state index in [4.69, 9.17) is 11.6 Å². The van der Waals surface area contributed by atoms with Gasteiger partial charge in [0.05, 0.1) is 0 Å². The van der Waals surface area contributed by atoms with Gasteiger partial charge in [0, 0.05) is 17.1 Å². The Morgan fingerprint density at radius 2 is 2.00 bits per heavy atom. The second kappa shape index (κ2) is 6.58. The minimum atomic E-state index is 0.530. The fourth-order valence-electron chi connectivity index (χ4n) is 2.91. The normalized spacial score (nSPS) is 25.9. The van der Waals surface area contributed by atoms with Crippen LogP contribution in [-0.2, 0) is 6.42 Å². The van der Waals surface area contributed by atoms with Crippen LogP contribution < -0.4 is 5.32 Å². The molecule has 1 aromatic rings. The molecule has 100 valence electrons. The summed E-state index contributed by atoms with van der Waals surface area (Å²) in [4.78, 5) is 0. The van der Waals surface area contributed by atoms with Gasteiger partial charge in [0.1, 0.15) is 0 Å². The fraction of sp³-hybridized carbons (Fsp3) is 0.625. The molecule has 1 aromatic carbocycles. The summed E-state index contributed by atoms with van der Waals surface area (Å²) < 4.78 is 0. The molecule has 1 fully saturated rings. The summed E-state index contributed by atoms with van der Waals surface area (Å²) in [5.41, 5.74) is 1.33. The topological polar surface area (TPSA) is 12.0 Å². The molecule has 1 atom stereocenters. The average Bonchev–Trinajstić information content (AvgIpc) is 2.32. The highest BCUT2D eigenvalue weighted by molar-refractivity contribution is 6.30. The van der Waals surface area contributed by atoms with Gasteiger partial charge in [-0.25, -0.2) is 0 Å². The molecule has 1 N–H and O–H groups in total. The highest BCUT2D eigenvalue weighted by atomic mass is 35.5. The van der Waals surface area contributed by atoms with E-state index in [1.807, 2.05) is 12.1 Å². The van der Waals surface area contributed by atoms with E-state index < -0.39 is 0 Å². The van der Waals surface area contributed by atoms with Gasteiger partial charge in [0.25, 0.3) is 0 Å². The van der Waals surface area contributed by atoms with E-state index in [-0.39, 0.29) is 0 Å². The molecule has 1 saturated carbocycles. The predicted octanol–water partition coefficient (Wildman–Crippen LogP) is 4.44. The van der Waals surface area contributed by atoms with Crippen LogP contribution in [0.25, 0.3) is 0 Å². The van der Waals surface area contributed by atoms with Crippen molar-refractivity contribution in [2.75, 3.05) is 0 Å². The molecule has 1 aliphatic rings. The zero-order valence-electron chi connectivity index (χ0n) is 11.5. The molecule has 2 rings (SSSR count). The minimum Gasteiger partial charge on any atom is -0.311 e. The molecule has 0 aliphatic heterocycles. The smallest absolute Gasteiger partial charge is 0.0408 e. The van der Waals surface area contributed by atoms with E-state index in [1.165, 1.54) is 31.2 Å². The molecule has 0 amide bonds. The molecule has 0 saturated heterocycles. The number of rotatable bonds is 4. The van der Waals surface area contributed by atoms with Gasteiger partial charge in [-0.15, -0.1) is 0 Å². The van der Waals surface area contributed by atoms with Gasteiger partial charge < -0.3 is 5.32 Å². The van der Waals surface area contributed by atoms with Crippen molar-refractivity contribution in [3.63, 3.8) is 0 Å². The van der Waals surface area contributed by atoms with Crippen molar-refractivity contribution in [1.29, 1.82) is 0 Å². The van der Waals surface area contributed by atoms with Crippen molar-refractivity contribution < 1.29 is 0 Å². The Morgan fingerprint density at radius 3 is 2.67 bits per heavy atom. The lowest BCUT2D eigenvalue weighted by molar-refractivity contribution is 0.290. The average molecular weight is 266 g/mol. The van der Waals surface area contributed by atoms with Crippen molar-refractivity contribution in [3.05, 3.63) is 34.9 Å². The van der Waals surface area contributed by atoms with Crippen molar-refractivity contribution in [3.8, 4) is 0 Å². The van der Waals surface area contributed by atoms with Crippen molar-refractivity contribution in [2.45, 2.75) is 58.0 Å². The number of hydrogen-bond donors (Lipinski definition) is 1. The Hall–Kier alpha value is -0.530. The van der Waals surface area contributed by atoms with Gasteiger partial charge >= 0.3 is 0 Å². The van der Waals surface area contributed by atoms with Crippen LogP contribution in [-0.4, -0.2) is 12.1 Å². The number of halogens is 1. The van der Waals surface area contributed by atoms with Gasteiger partial charge in [0.15, 0.2) is 0 Å². The maximum Gasteiger partial charge on any atom is 0.0408 e. The van der Waals surface area contributed by atoms with E-state index in [2.05, 4.69) is 31.3 Å². The highest BCUT2D eigenvalue weighted by Crippen LogP contribution is 2.24. The second-order valence-electron chi connectivity index (χ2n) is 5.86. The lowest BCUT2D eigenvalue weighted by Crippen LogP contribution is -2.39. The Kier molecular flexibility index (Phi) is 5.08.